The molecule has 4 heteroatoms. The van der Waals surface area contributed by atoms with Gasteiger partial charge in [-0.1, -0.05) is 64.9 Å². The molecular formula is C24H30ClO2P. The van der Waals surface area contributed by atoms with Gasteiger partial charge in [0.05, 0.1) is 0 Å². The summed E-state index contributed by atoms with van der Waals surface area (Å²) in [5, 5.41) is 2.42. The molecule has 0 bridgehead atoms. The maximum Gasteiger partial charge on any atom is 0.200 e. The molecule has 2 atom stereocenters. The Bertz CT molecular complexity index is 1020. The molecule has 150 valence electrons. The van der Waals surface area contributed by atoms with Crippen molar-refractivity contribution in [3.8, 4) is 0 Å². The highest BCUT2D eigenvalue weighted by Crippen LogP contribution is 2.30. The zero-order valence-electron chi connectivity index (χ0n) is 17.7. The van der Waals surface area contributed by atoms with E-state index < -0.39 is 0 Å². The van der Waals surface area contributed by atoms with Crippen LogP contribution in [0.2, 0.25) is 5.02 Å². The predicted molar refractivity (Wildman–Crippen MR) is 125 cm³/mol. The zero-order valence-corrected chi connectivity index (χ0v) is 19.6. The van der Waals surface area contributed by atoms with Crippen LogP contribution in [-0.2, 0) is 0 Å². The first-order valence-electron chi connectivity index (χ1n) is 9.57. The van der Waals surface area contributed by atoms with Crippen LogP contribution in [0.15, 0.2) is 34.8 Å². The van der Waals surface area contributed by atoms with E-state index in [0.29, 0.717) is 11.2 Å². The Hall–Kier alpha value is -1.63. The van der Waals surface area contributed by atoms with Crippen molar-refractivity contribution in [2.24, 2.45) is 11.3 Å². The molecule has 1 heterocycles. The SMILES string of the molecule is C=c1cc(C(=O)C(C)CC)o/c1=C(/C=C(\C)c1ccc(Cl)c(P)c1)C(C)(C)C. The van der Waals surface area contributed by atoms with E-state index in [0.717, 1.165) is 38.7 Å². The molecule has 0 saturated carbocycles. The summed E-state index contributed by atoms with van der Waals surface area (Å²) in [7, 11) is 2.66. The number of hydrogen-bond acceptors (Lipinski definition) is 2. The van der Waals surface area contributed by atoms with Crippen molar-refractivity contribution in [1.29, 1.82) is 0 Å². The van der Waals surface area contributed by atoms with Gasteiger partial charge in [-0.05, 0) is 53.4 Å². The molecule has 1 aromatic heterocycles. The summed E-state index contributed by atoms with van der Waals surface area (Å²) in [4.78, 5) is 12.6. The minimum Gasteiger partial charge on any atom is -0.453 e. The Balaban J connectivity index is 2.68. The molecule has 0 radical (unpaired) electrons. The molecule has 0 amide bonds. The highest BCUT2D eigenvalue weighted by atomic mass is 35.5. The highest BCUT2D eigenvalue weighted by Gasteiger charge is 2.22. The number of furan rings is 1. The number of hydrogen-bond donors (Lipinski definition) is 0. The standard InChI is InChI=1S/C24H30ClO2P/c1-8-14(2)22(26)20-12-16(4)23(27-20)18(24(5,6)7)11-15(3)17-9-10-19(25)21(28)13-17/h9-14H,4,8,28H2,1-3,5-7H3/b15-11+,23-18-. The Morgan fingerprint density at radius 3 is 2.50 bits per heavy atom. The molecule has 0 N–H and O–H groups in total. The first-order valence-corrected chi connectivity index (χ1v) is 10.5. The van der Waals surface area contributed by atoms with Crippen molar-refractivity contribution in [3.63, 3.8) is 0 Å². The lowest BCUT2D eigenvalue weighted by Gasteiger charge is -2.20. The van der Waals surface area contributed by atoms with Gasteiger partial charge in [0.2, 0.25) is 5.78 Å². The second-order valence-electron chi connectivity index (χ2n) is 8.37. The average Bonchev–Trinajstić information content (AvgIpc) is 3.00. The smallest absolute Gasteiger partial charge is 0.200 e. The van der Waals surface area contributed by atoms with Crippen LogP contribution in [0.4, 0.5) is 0 Å². The van der Waals surface area contributed by atoms with Gasteiger partial charge in [0, 0.05) is 21.7 Å². The predicted octanol–water partition coefficient (Wildman–Crippen LogP) is 5.37. The van der Waals surface area contributed by atoms with Gasteiger partial charge in [0.15, 0.2) is 5.76 Å². The van der Waals surface area contributed by atoms with Crippen LogP contribution in [0.3, 0.4) is 0 Å². The molecule has 0 aliphatic heterocycles. The third kappa shape index (κ3) is 5.04. The number of benzene rings is 1. The van der Waals surface area contributed by atoms with Crippen LogP contribution in [-0.4, -0.2) is 5.78 Å². The van der Waals surface area contributed by atoms with Gasteiger partial charge in [-0.3, -0.25) is 4.79 Å². The van der Waals surface area contributed by atoms with E-state index in [4.69, 9.17) is 16.0 Å². The summed E-state index contributed by atoms with van der Waals surface area (Å²) >= 11 is 6.15. The first kappa shape index (κ1) is 22.7. The number of ketones is 1. The largest absolute Gasteiger partial charge is 0.453 e. The van der Waals surface area contributed by atoms with Gasteiger partial charge in [-0.15, -0.1) is 9.24 Å². The number of allylic oxidation sites excluding steroid dienone is 2. The minimum absolute atomic E-state index is 0.0259. The summed E-state index contributed by atoms with van der Waals surface area (Å²) in [5.74, 6) is 0.349. The fraction of sp³-hybridized carbons (Fsp3) is 0.375. The molecule has 0 spiro atoms. The molecular weight excluding hydrogens is 387 g/mol. The highest BCUT2D eigenvalue weighted by molar-refractivity contribution is 7.28. The van der Waals surface area contributed by atoms with E-state index >= 15 is 0 Å². The molecule has 0 saturated heterocycles. The van der Waals surface area contributed by atoms with Crippen molar-refractivity contribution >= 4 is 49.7 Å². The Morgan fingerprint density at radius 2 is 1.96 bits per heavy atom. The van der Waals surface area contributed by atoms with E-state index in [9.17, 15) is 4.79 Å². The van der Waals surface area contributed by atoms with Crippen LogP contribution >= 0.6 is 20.8 Å². The summed E-state index contributed by atoms with van der Waals surface area (Å²) in [6, 6.07) is 7.72. The number of halogens is 1. The fourth-order valence-corrected chi connectivity index (χ4v) is 3.31. The molecule has 0 fully saturated rings. The van der Waals surface area contributed by atoms with Crippen molar-refractivity contribution in [2.75, 3.05) is 0 Å². The maximum absolute atomic E-state index is 12.6. The van der Waals surface area contributed by atoms with E-state index in [1.54, 1.807) is 6.07 Å². The molecule has 2 unspecified atom stereocenters. The van der Waals surface area contributed by atoms with Gasteiger partial charge in [0.25, 0.3) is 0 Å². The van der Waals surface area contributed by atoms with Crippen molar-refractivity contribution in [3.05, 3.63) is 57.3 Å². The van der Waals surface area contributed by atoms with Crippen LogP contribution in [0, 0.1) is 11.3 Å². The van der Waals surface area contributed by atoms with Crippen molar-refractivity contribution < 1.29 is 9.21 Å². The maximum atomic E-state index is 12.6. The van der Waals surface area contributed by atoms with E-state index in [2.05, 4.69) is 49.6 Å². The lowest BCUT2D eigenvalue weighted by molar-refractivity contribution is 0.0897. The average molecular weight is 417 g/mol. The quantitative estimate of drug-likeness (QED) is 0.484. The van der Waals surface area contributed by atoms with Gasteiger partial charge in [-0.2, -0.15) is 0 Å². The molecule has 28 heavy (non-hydrogen) atoms. The lowest BCUT2D eigenvalue weighted by Crippen LogP contribution is -2.26. The van der Waals surface area contributed by atoms with E-state index in [-0.39, 0.29) is 17.1 Å². The summed E-state index contributed by atoms with van der Waals surface area (Å²) in [5.41, 5.74) is 3.69. The number of rotatable bonds is 5. The lowest BCUT2D eigenvalue weighted by atomic mass is 9.84. The molecule has 2 nitrogen and oxygen atoms in total. The molecule has 1 aromatic carbocycles. The number of carbonyl (C=O) groups excluding carboxylic acids is 1. The first-order chi connectivity index (χ1) is 13.0. The van der Waals surface area contributed by atoms with E-state index in [1.165, 1.54) is 0 Å². The third-order valence-electron chi connectivity index (χ3n) is 4.98. The van der Waals surface area contributed by atoms with Crippen LogP contribution in [0.5, 0.6) is 0 Å². The van der Waals surface area contributed by atoms with Crippen molar-refractivity contribution in [2.45, 2.75) is 48.0 Å². The Morgan fingerprint density at radius 1 is 1.32 bits per heavy atom. The fourth-order valence-electron chi connectivity index (χ4n) is 2.92. The van der Waals surface area contributed by atoms with Crippen molar-refractivity contribution in [1.82, 2.24) is 0 Å². The summed E-state index contributed by atoms with van der Waals surface area (Å²) in [6.45, 7) is 16.5. The van der Waals surface area contributed by atoms with Gasteiger partial charge >= 0.3 is 0 Å². The second-order valence-corrected chi connectivity index (χ2v) is 9.40. The Labute approximate surface area is 175 Å². The molecule has 2 rings (SSSR count). The van der Waals surface area contributed by atoms with Crippen LogP contribution in [0.1, 0.15) is 64.1 Å². The number of Topliss-reactive ketones (excluding diaryl/α,β-unsaturated/α-hetero) is 1. The second kappa shape index (κ2) is 8.80. The summed E-state index contributed by atoms with van der Waals surface area (Å²) < 4.78 is 6.05. The van der Waals surface area contributed by atoms with Gasteiger partial charge in [-0.25, -0.2) is 0 Å². The summed E-state index contributed by atoms with van der Waals surface area (Å²) in [6.07, 6.45) is 2.91. The van der Waals surface area contributed by atoms with Crippen LogP contribution in [0.25, 0.3) is 17.7 Å². The molecule has 2 aromatic rings. The minimum atomic E-state index is -0.182. The normalized spacial score (nSPS) is 14.8. The molecule has 0 aliphatic rings. The monoisotopic (exact) mass is 416 g/mol. The van der Waals surface area contributed by atoms with Gasteiger partial charge < -0.3 is 4.42 Å². The van der Waals surface area contributed by atoms with Crippen LogP contribution < -0.4 is 15.9 Å². The zero-order chi connectivity index (χ0) is 21.2. The van der Waals surface area contributed by atoms with Gasteiger partial charge in [0.1, 0.15) is 5.42 Å². The molecule has 0 aliphatic carbocycles. The van der Waals surface area contributed by atoms with E-state index in [1.807, 2.05) is 32.0 Å². The number of carbonyl (C=O) groups is 1. The Kier molecular flexibility index (Phi) is 7.12. The topological polar surface area (TPSA) is 30.2 Å². The third-order valence-corrected chi connectivity index (χ3v) is 5.98.